The standard InChI is InChI=1S/C9H11N3O3/c1-2-15-9(11)6-3-4-7(10)8(5-6)12(13)14/h3-5,11H,2,10H2,1H3/p+1. The van der Waals surface area contributed by atoms with E-state index in [-0.39, 0.29) is 17.3 Å². The summed E-state index contributed by atoms with van der Waals surface area (Å²) in [5.74, 6) is 0.153. The van der Waals surface area contributed by atoms with Crippen molar-refractivity contribution < 1.29 is 15.1 Å². The Morgan fingerprint density at radius 1 is 1.67 bits per heavy atom. The Balaban J connectivity index is 3.07. The molecule has 6 heteroatoms. The van der Waals surface area contributed by atoms with Gasteiger partial charge in [0.1, 0.15) is 5.69 Å². The van der Waals surface area contributed by atoms with Crippen LogP contribution in [0.1, 0.15) is 12.5 Å². The highest BCUT2D eigenvalue weighted by atomic mass is 16.6. The highest BCUT2D eigenvalue weighted by Crippen LogP contribution is 2.22. The summed E-state index contributed by atoms with van der Waals surface area (Å²) < 4.78 is 5.03. The predicted molar refractivity (Wildman–Crippen MR) is 55.2 cm³/mol. The van der Waals surface area contributed by atoms with E-state index in [1.165, 1.54) is 12.1 Å². The Kier molecular flexibility index (Phi) is 3.22. The van der Waals surface area contributed by atoms with Crippen LogP contribution in [0, 0.1) is 10.1 Å². The summed E-state index contributed by atoms with van der Waals surface area (Å²) in [5, 5.41) is 16.1. The van der Waals surface area contributed by atoms with E-state index in [0.29, 0.717) is 12.2 Å². The van der Waals surface area contributed by atoms with Crippen molar-refractivity contribution in [1.29, 1.82) is 0 Å². The summed E-state index contributed by atoms with van der Waals surface area (Å²) in [7, 11) is 0. The quantitative estimate of drug-likeness (QED) is 0.235. The molecule has 0 saturated carbocycles. The molecule has 0 radical (unpaired) electrons. The second-order valence-corrected chi connectivity index (χ2v) is 2.83. The Hall–Kier alpha value is -2.11. The van der Waals surface area contributed by atoms with Gasteiger partial charge in [-0.15, -0.1) is 0 Å². The topological polar surface area (TPSA) is 104 Å². The number of hydrogen-bond acceptors (Lipinski definition) is 4. The van der Waals surface area contributed by atoms with E-state index in [4.69, 9.17) is 15.9 Å². The van der Waals surface area contributed by atoms with Crippen molar-refractivity contribution in [3.63, 3.8) is 0 Å². The number of nitrogens with zero attached hydrogens (tertiary/aromatic N) is 1. The van der Waals surface area contributed by atoms with Crippen molar-refractivity contribution in [2.24, 2.45) is 0 Å². The van der Waals surface area contributed by atoms with Crippen LogP contribution in [-0.2, 0) is 4.74 Å². The van der Waals surface area contributed by atoms with Gasteiger partial charge in [0.15, 0.2) is 0 Å². The smallest absolute Gasteiger partial charge is 0.366 e. The van der Waals surface area contributed by atoms with E-state index >= 15 is 0 Å². The van der Waals surface area contributed by atoms with Crippen LogP contribution in [0.5, 0.6) is 0 Å². The van der Waals surface area contributed by atoms with Crippen molar-refractivity contribution in [3.05, 3.63) is 33.9 Å². The van der Waals surface area contributed by atoms with Crippen molar-refractivity contribution in [3.8, 4) is 0 Å². The number of rotatable bonds is 3. The zero-order chi connectivity index (χ0) is 11.4. The fourth-order valence-electron chi connectivity index (χ4n) is 1.09. The van der Waals surface area contributed by atoms with Gasteiger partial charge in [-0.1, -0.05) is 0 Å². The van der Waals surface area contributed by atoms with Gasteiger partial charge in [0, 0.05) is 6.07 Å². The molecule has 1 rings (SSSR count). The highest BCUT2D eigenvalue weighted by molar-refractivity contribution is 5.91. The van der Waals surface area contributed by atoms with Crippen molar-refractivity contribution in [1.82, 2.24) is 0 Å². The molecule has 0 saturated heterocycles. The van der Waals surface area contributed by atoms with Gasteiger partial charge in [-0.2, -0.15) is 0 Å². The van der Waals surface area contributed by atoms with Gasteiger partial charge in [-0.3, -0.25) is 10.1 Å². The van der Waals surface area contributed by atoms with Gasteiger partial charge in [0.05, 0.1) is 17.1 Å². The Morgan fingerprint density at radius 3 is 2.87 bits per heavy atom. The minimum absolute atomic E-state index is 0.105. The number of nitrogens with two attached hydrogens (primary N) is 2. The van der Waals surface area contributed by atoms with Crippen LogP contribution in [-0.4, -0.2) is 17.4 Å². The minimum Gasteiger partial charge on any atom is -0.445 e. The third kappa shape index (κ3) is 2.43. The van der Waals surface area contributed by atoms with Crippen LogP contribution < -0.4 is 11.1 Å². The largest absolute Gasteiger partial charge is 0.445 e. The molecule has 0 heterocycles. The molecular formula is C9H12N3O3+. The molecule has 80 valence electrons. The fraction of sp³-hybridized carbons (Fsp3) is 0.222. The Labute approximate surface area is 86.3 Å². The maximum absolute atomic E-state index is 10.6. The molecule has 4 N–H and O–H groups in total. The number of anilines is 1. The lowest BCUT2D eigenvalue weighted by molar-refractivity contribution is -0.383. The van der Waals surface area contributed by atoms with Crippen LogP contribution >= 0.6 is 0 Å². The zero-order valence-electron chi connectivity index (χ0n) is 8.27. The van der Waals surface area contributed by atoms with Crippen molar-refractivity contribution >= 4 is 17.3 Å². The van der Waals surface area contributed by atoms with Crippen LogP contribution in [0.4, 0.5) is 11.4 Å². The van der Waals surface area contributed by atoms with Crippen molar-refractivity contribution in [2.45, 2.75) is 6.92 Å². The number of benzene rings is 1. The third-order valence-electron chi connectivity index (χ3n) is 1.81. The summed E-state index contributed by atoms with van der Waals surface area (Å²) in [6, 6.07) is 4.30. The fourth-order valence-corrected chi connectivity index (χ4v) is 1.09. The highest BCUT2D eigenvalue weighted by Gasteiger charge is 2.16. The van der Waals surface area contributed by atoms with Crippen LogP contribution in [0.2, 0.25) is 0 Å². The molecular weight excluding hydrogens is 198 g/mol. The lowest BCUT2D eigenvalue weighted by atomic mass is 10.2. The van der Waals surface area contributed by atoms with Crippen molar-refractivity contribution in [2.75, 3.05) is 12.3 Å². The van der Waals surface area contributed by atoms with Gasteiger partial charge < -0.3 is 10.5 Å². The lowest BCUT2D eigenvalue weighted by Crippen LogP contribution is -2.42. The van der Waals surface area contributed by atoms with Crippen LogP contribution in [0.3, 0.4) is 0 Å². The Bertz CT molecular complexity index is 404. The summed E-state index contributed by atoms with van der Waals surface area (Å²) in [6.45, 7) is 2.18. The molecule has 0 amide bonds. The van der Waals surface area contributed by atoms with E-state index in [1.807, 2.05) is 0 Å². The molecule has 0 aliphatic heterocycles. The van der Waals surface area contributed by atoms with E-state index < -0.39 is 4.92 Å². The van der Waals surface area contributed by atoms with Crippen LogP contribution in [0.25, 0.3) is 0 Å². The summed E-state index contributed by atoms with van der Waals surface area (Å²) >= 11 is 0. The number of hydrogen-bond donors (Lipinski definition) is 2. The molecule has 0 unspecified atom stereocenters. The van der Waals surface area contributed by atoms with Gasteiger partial charge in [-0.05, 0) is 19.1 Å². The molecule has 1 aromatic rings. The van der Waals surface area contributed by atoms with Gasteiger partial charge in [0.2, 0.25) is 0 Å². The number of ether oxygens (including phenoxy) is 1. The van der Waals surface area contributed by atoms with Gasteiger partial charge >= 0.3 is 5.90 Å². The first-order chi connectivity index (χ1) is 7.06. The monoisotopic (exact) mass is 210 g/mol. The molecule has 0 fully saturated rings. The van der Waals surface area contributed by atoms with Gasteiger partial charge in [-0.25, -0.2) is 5.41 Å². The first-order valence-electron chi connectivity index (χ1n) is 4.35. The van der Waals surface area contributed by atoms with Crippen LogP contribution in [0.15, 0.2) is 18.2 Å². The third-order valence-corrected chi connectivity index (χ3v) is 1.81. The molecule has 0 atom stereocenters. The maximum atomic E-state index is 10.6. The predicted octanol–water partition coefficient (Wildman–Crippen LogP) is -0.281. The summed E-state index contributed by atoms with van der Waals surface area (Å²) in [4.78, 5) is 10.0. The molecule has 15 heavy (non-hydrogen) atoms. The second kappa shape index (κ2) is 4.41. The number of nitro benzene ring substituents is 1. The normalized spacial score (nSPS) is 9.67. The zero-order valence-corrected chi connectivity index (χ0v) is 8.27. The number of nitro groups is 1. The summed E-state index contributed by atoms with van der Waals surface area (Å²) in [5.41, 5.74) is 5.82. The molecule has 0 aliphatic carbocycles. The first-order valence-corrected chi connectivity index (χ1v) is 4.35. The average molecular weight is 210 g/mol. The SMILES string of the molecule is CCOC(=[NH2+])c1ccc(N)c([N+](=O)[O-])c1. The Morgan fingerprint density at radius 2 is 2.33 bits per heavy atom. The molecule has 6 nitrogen and oxygen atoms in total. The van der Waals surface area contributed by atoms with Gasteiger partial charge in [0.25, 0.3) is 5.69 Å². The average Bonchev–Trinajstić information content (AvgIpc) is 2.18. The second-order valence-electron chi connectivity index (χ2n) is 2.83. The van der Waals surface area contributed by atoms with E-state index in [2.05, 4.69) is 0 Å². The summed E-state index contributed by atoms with van der Waals surface area (Å²) in [6.07, 6.45) is 0. The molecule has 1 aromatic carbocycles. The minimum atomic E-state index is -0.557. The molecule has 0 aliphatic rings. The first kappa shape index (κ1) is 11.0. The maximum Gasteiger partial charge on any atom is 0.366 e. The lowest BCUT2D eigenvalue weighted by Gasteiger charge is -2.01. The van der Waals surface area contributed by atoms with E-state index in [0.717, 1.165) is 0 Å². The number of nitrogen functional groups attached to an aromatic ring is 1. The molecule has 0 aromatic heterocycles. The van der Waals surface area contributed by atoms with E-state index in [1.54, 1.807) is 13.0 Å². The van der Waals surface area contributed by atoms with E-state index in [9.17, 15) is 10.1 Å². The molecule has 0 spiro atoms. The molecule has 0 bridgehead atoms.